The summed E-state index contributed by atoms with van der Waals surface area (Å²) in [5, 5.41) is 43.5. The first-order chi connectivity index (χ1) is 25.8. The number of thioether (sulfide) groups is 2. The van der Waals surface area contributed by atoms with E-state index < -0.39 is 45.9 Å². The van der Waals surface area contributed by atoms with Crippen LogP contribution in [0, 0.1) is 43.4 Å². The summed E-state index contributed by atoms with van der Waals surface area (Å²) >= 11 is 2.81. The molecule has 0 saturated carbocycles. The van der Waals surface area contributed by atoms with Gasteiger partial charge in [0.05, 0.1) is 34.0 Å². The molecule has 3 aliphatic rings. The lowest BCUT2D eigenvalue weighted by Crippen LogP contribution is -2.63. The molecule has 2 saturated heterocycles. The van der Waals surface area contributed by atoms with Crippen LogP contribution in [-0.2, 0) is 37.1 Å². The number of carbonyl (C=O) groups excluding carboxylic acids is 4. The van der Waals surface area contributed by atoms with Crippen LogP contribution in [0.2, 0.25) is 0 Å². The van der Waals surface area contributed by atoms with E-state index in [9.17, 15) is 44.5 Å². The smallest absolute Gasteiger partial charge is 0.410 e. The van der Waals surface area contributed by atoms with Crippen LogP contribution < -0.4 is 5.32 Å². The Hall–Kier alpha value is -5.19. The Bertz CT molecular complexity index is 1850. The van der Waals surface area contributed by atoms with E-state index >= 15 is 0 Å². The summed E-state index contributed by atoms with van der Waals surface area (Å²) in [6.07, 6.45) is -0.921. The van der Waals surface area contributed by atoms with Gasteiger partial charge < -0.3 is 29.7 Å². The van der Waals surface area contributed by atoms with E-state index in [1.807, 2.05) is 13.0 Å². The van der Waals surface area contributed by atoms with Crippen molar-refractivity contribution >= 4 is 58.8 Å². The number of aliphatic hydroxyl groups is 1. The topological polar surface area (TPSA) is 236 Å². The van der Waals surface area contributed by atoms with E-state index in [1.165, 1.54) is 83.9 Å². The third-order valence-corrected chi connectivity index (χ3v) is 12.0. The number of rotatable bonds is 16. The van der Waals surface area contributed by atoms with Gasteiger partial charge in [0.1, 0.15) is 25.5 Å². The number of nitrogens with one attached hydrogen (secondary N) is 1. The fourth-order valence-corrected chi connectivity index (χ4v) is 9.32. The van der Waals surface area contributed by atoms with Crippen molar-refractivity contribution in [2.45, 2.75) is 63.3 Å². The largest absolute Gasteiger partial charge is 0.456 e. The first-order valence-electron chi connectivity index (χ1n) is 17.0. The van der Waals surface area contributed by atoms with Gasteiger partial charge in [-0.15, -0.1) is 11.8 Å². The maximum atomic E-state index is 13.7. The van der Waals surface area contributed by atoms with E-state index in [4.69, 9.17) is 14.7 Å². The zero-order valence-corrected chi connectivity index (χ0v) is 31.0. The highest BCUT2D eigenvalue weighted by Crippen LogP contribution is 2.52. The molecule has 17 nitrogen and oxygen atoms in total. The van der Waals surface area contributed by atoms with Gasteiger partial charge in [0.15, 0.2) is 0 Å². The van der Waals surface area contributed by atoms with Crippen LogP contribution in [0.25, 0.3) is 0 Å². The maximum Gasteiger partial charge on any atom is 0.410 e. The SMILES string of the molecule is C[C@@H](O)[C@H]1C(=O)N2C(C(=O)OCc3ccc([N+](=O)[O-])cc3)=C(S[C@H]3C[C@@H](CSCCC(=O)NCC#N)N(C(=O)OCc4ccc([N+](=O)[O-])cc4)C3)[C@H](C)[C@H]12. The average Bonchev–Trinajstić information content (AvgIpc) is 3.66. The first-order valence-corrected chi connectivity index (χ1v) is 19.0. The number of esters is 1. The molecule has 2 fully saturated rings. The lowest BCUT2D eigenvalue weighted by Gasteiger charge is -2.46. The number of non-ortho nitro benzene ring substituents is 2. The van der Waals surface area contributed by atoms with Crippen LogP contribution in [0.3, 0.4) is 0 Å². The molecule has 2 N–H and O–H groups in total. The second-order valence-corrected chi connectivity index (χ2v) is 15.5. The summed E-state index contributed by atoms with van der Waals surface area (Å²) in [6, 6.07) is 12.2. The number of nitro benzene ring substituents is 2. The number of aliphatic hydroxyl groups excluding tert-OH is 1. The van der Waals surface area contributed by atoms with Crippen molar-refractivity contribution in [3.05, 3.63) is 90.5 Å². The minimum Gasteiger partial charge on any atom is -0.456 e. The normalized spacial score (nSPS) is 22.2. The molecule has 19 heteroatoms. The molecule has 2 aromatic rings. The number of ether oxygens (including phenoxy) is 2. The molecule has 54 heavy (non-hydrogen) atoms. The second-order valence-electron chi connectivity index (χ2n) is 13.0. The van der Waals surface area contributed by atoms with Crippen molar-refractivity contribution in [2.75, 3.05) is 24.6 Å². The zero-order chi connectivity index (χ0) is 39.1. The predicted octanol–water partition coefficient (Wildman–Crippen LogP) is 3.89. The third kappa shape index (κ3) is 9.12. The maximum absolute atomic E-state index is 13.7. The second kappa shape index (κ2) is 17.8. The molecular weight excluding hydrogens is 745 g/mol. The summed E-state index contributed by atoms with van der Waals surface area (Å²) in [5.41, 5.74) is 0.906. The summed E-state index contributed by atoms with van der Waals surface area (Å²) in [4.78, 5) is 77.1. The third-order valence-electron chi connectivity index (χ3n) is 9.38. The number of likely N-dealkylation sites (tertiary alicyclic amines) is 1. The van der Waals surface area contributed by atoms with Gasteiger partial charge in [-0.25, -0.2) is 9.59 Å². The number of amides is 3. The number of β-lactam (4-membered cyclic amide) rings is 1. The van der Waals surface area contributed by atoms with E-state index in [0.29, 0.717) is 34.0 Å². The summed E-state index contributed by atoms with van der Waals surface area (Å²) in [6.45, 7) is 3.19. The molecular formula is C35H38N6O11S2. The summed E-state index contributed by atoms with van der Waals surface area (Å²) in [5.74, 6) is -1.63. The molecule has 5 rings (SSSR count). The van der Waals surface area contributed by atoms with Gasteiger partial charge in [0.25, 0.3) is 11.4 Å². The van der Waals surface area contributed by atoms with Crippen LogP contribution in [0.15, 0.2) is 59.1 Å². The summed E-state index contributed by atoms with van der Waals surface area (Å²) in [7, 11) is 0. The minimum atomic E-state index is -0.959. The number of hydrogen-bond acceptors (Lipinski definition) is 14. The Morgan fingerprint density at radius 1 is 1.04 bits per heavy atom. The highest BCUT2D eigenvalue weighted by atomic mass is 32.2. The minimum absolute atomic E-state index is 0.0646. The molecule has 6 atom stereocenters. The standard InChI is InChI=1S/C35H38N6O11S2/c1-20-30-29(21(2)42)33(44)39(30)31(34(45)51-17-22-3-7-24(8-4-22)40(47)48)32(20)54-27-15-26(19-53-14-11-28(43)37-13-12-36)38(16-27)35(46)52-18-23-5-9-25(10-6-23)41(49)50/h3-10,20-21,26-27,29-30,42H,11,13-19H2,1-2H3,(H,37,43)/t20-,21-,26+,27+,29-,30-/m1/s1. The monoisotopic (exact) mass is 782 g/mol. The highest BCUT2D eigenvalue weighted by molar-refractivity contribution is 8.03. The quantitative estimate of drug-likeness (QED) is 0.0614. The fraction of sp³-hybridized carbons (Fsp3) is 0.457. The molecule has 0 bridgehead atoms. The number of nitrogens with zero attached hydrogens (tertiary/aromatic N) is 5. The number of nitro groups is 2. The molecule has 0 aliphatic carbocycles. The highest BCUT2D eigenvalue weighted by Gasteiger charge is 2.60. The van der Waals surface area contributed by atoms with Gasteiger partial charge >= 0.3 is 12.1 Å². The first kappa shape index (κ1) is 40.0. The van der Waals surface area contributed by atoms with Crippen molar-refractivity contribution < 1.29 is 43.6 Å². The average molecular weight is 783 g/mol. The summed E-state index contributed by atoms with van der Waals surface area (Å²) < 4.78 is 11.2. The van der Waals surface area contributed by atoms with E-state index in [0.717, 1.165) is 0 Å². The van der Waals surface area contributed by atoms with Gasteiger partial charge in [-0.05, 0) is 48.7 Å². The lowest BCUT2D eigenvalue weighted by atomic mass is 9.79. The van der Waals surface area contributed by atoms with Crippen LogP contribution in [0.5, 0.6) is 0 Å². The van der Waals surface area contributed by atoms with E-state index in [2.05, 4.69) is 5.32 Å². The molecule has 2 aromatic carbocycles. The lowest BCUT2D eigenvalue weighted by molar-refractivity contribution is -0.385. The van der Waals surface area contributed by atoms with E-state index in [-0.39, 0.29) is 72.9 Å². The van der Waals surface area contributed by atoms with Gasteiger partial charge in [-0.3, -0.25) is 29.8 Å². The fourth-order valence-electron chi connectivity index (χ4n) is 6.67. The van der Waals surface area contributed by atoms with Crippen molar-refractivity contribution in [2.24, 2.45) is 11.8 Å². The Morgan fingerprint density at radius 3 is 2.19 bits per heavy atom. The number of nitriles is 1. The Morgan fingerprint density at radius 2 is 1.63 bits per heavy atom. The molecule has 0 spiro atoms. The van der Waals surface area contributed by atoms with Crippen LogP contribution >= 0.6 is 23.5 Å². The van der Waals surface area contributed by atoms with Crippen molar-refractivity contribution in [3.63, 3.8) is 0 Å². The molecule has 0 aromatic heterocycles. The molecule has 3 heterocycles. The van der Waals surface area contributed by atoms with Crippen LogP contribution in [0.1, 0.15) is 37.8 Å². The number of carbonyl (C=O) groups is 4. The molecule has 0 radical (unpaired) electrons. The van der Waals surface area contributed by atoms with Gasteiger partial charge in [-0.2, -0.15) is 17.0 Å². The van der Waals surface area contributed by atoms with E-state index in [1.54, 1.807) is 4.90 Å². The van der Waals surface area contributed by atoms with Crippen molar-refractivity contribution in [3.8, 4) is 6.07 Å². The Labute approximate surface area is 318 Å². The zero-order valence-electron chi connectivity index (χ0n) is 29.3. The number of hydrogen-bond donors (Lipinski definition) is 2. The molecule has 3 amide bonds. The van der Waals surface area contributed by atoms with Crippen LogP contribution in [-0.4, -0.2) is 96.7 Å². The Balaban J connectivity index is 1.32. The Kier molecular flexibility index (Phi) is 13.2. The number of fused-ring (bicyclic) bond motifs is 1. The van der Waals surface area contributed by atoms with Crippen molar-refractivity contribution in [1.29, 1.82) is 5.26 Å². The predicted molar refractivity (Wildman–Crippen MR) is 195 cm³/mol. The van der Waals surface area contributed by atoms with Crippen LogP contribution in [0.4, 0.5) is 16.2 Å². The molecule has 286 valence electrons. The van der Waals surface area contributed by atoms with Crippen molar-refractivity contribution in [1.82, 2.24) is 15.1 Å². The van der Waals surface area contributed by atoms with Gasteiger partial charge in [0, 0.05) is 70.9 Å². The number of benzene rings is 2. The molecule has 3 aliphatic heterocycles. The van der Waals surface area contributed by atoms with Gasteiger partial charge in [-0.1, -0.05) is 6.92 Å². The van der Waals surface area contributed by atoms with Gasteiger partial charge in [0.2, 0.25) is 11.8 Å². The molecule has 0 unspecified atom stereocenters.